The zero-order valence-corrected chi connectivity index (χ0v) is 20.3. The number of ether oxygens (including phenoxy) is 2. The molecule has 2 aromatic carbocycles. The molecular weight excluding hydrogens is 448 g/mol. The number of hydrogen-bond acceptors (Lipinski definition) is 5. The van der Waals surface area contributed by atoms with Crippen LogP contribution in [0.15, 0.2) is 48.5 Å². The van der Waals surface area contributed by atoms with Crippen LogP contribution in [0.1, 0.15) is 43.7 Å². The molecule has 0 saturated carbocycles. The van der Waals surface area contributed by atoms with E-state index in [-0.39, 0.29) is 25.0 Å². The monoisotopic (exact) mass is 480 g/mol. The Bertz CT molecular complexity index is 1070. The van der Waals surface area contributed by atoms with E-state index < -0.39 is 29.6 Å². The topological polar surface area (TPSA) is 105 Å². The van der Waals surface area contributed by atoms with Crippen LogP contribution < -0.4 is 5.32 Å². The van der Waals surface area contributed by atoms with Gasteiger partial charge in [-0.2, -0.15) is 0 Å². The van der Waals surface area contributed by atoms with Gasteiger partial charge < -0.3 is 24.8 Å². The van der Waals surface area contributed by atoms with Crippen LogP contribution in [0, 0.1) is 5.92 Å². The first-order valence-corrected chi connectivity index (χ1v) is 12.0. The Kier molecular flexibility index (Phi) is 7.12. The molecule has 8 heteroatoms. The maximum atomic E-state index is 13.4. The summed E-state index contributed by atoms with van der Waals surface area (Å²) in [5.41, 5.74) is 3.03. The molecule has 2 N–H and O–H groups in total. The molecular formula is C27H32N2O6. The summed E-state index contributed by atoms with van der Waals surface area (Å²) < 4.78 is 10.8. The van der Waals surface area contributed by atoms with Crippen LogP contribution >= 0.6 is 0 Å². The summed E-state index contributed by atoms with van der Waals surface area (Å²) >= 11 is 0. The summed E-state index contributed by atoms with van der Waals surface area (Å²) in [6.45, 7) is 3.93. The number of fused-ring (bicyclic) bond motifs is 3. The van der Waals surface area contributed by atoms with Crippen LogP contribution in [0.3, 0.4) is 0 Å². The Hall–Kier alpha value is -3.39. The van der Waals surface area contributed by atoms with Gasteiger partial charge in [-0.05, 0) is 41.0 Å². The lowest BCUT2D eigenvalue weighted by Crippen LogP contribution is -2.61. The van der Waals surface area contributed by atoms with E-state index in [2.05, 4.69) is 17.4 Å². The van der Waals surface area contributed by atoms with Crippen molar-refractivity contribution in [3.05, 3.63) is 59.7 Å². The largest absolute Gasteiger partial charge is 0.479 e. The summed E-state index contributed by atoms with van der Waals surface area (Å²) in [6, 6.07) is 15.2. The molecule has 0 radical (unpaired) electrons. The number of nitrogens with one attached hydrogen (secondary N) is 1. The van der Waals surface area contributed by atoms with Crippen molar-refractivity contribution in [3.63, 3.8) is 0 Å². The van der Waals surface area contributed by atoms with Crippen LogP contribution in [-0.2, 0) is 19.1 Å². The number of carbonyl (C=O) groups is 3. The van der Waals surface area contributed by atoms with Gasteiger partial charge in [0.15, 0.2) is 5.54 Å². The zero-order chi connectivity index (χ0) is 25.2. The Morgan fingerprint density at radius 2 is 1.69 bits per heavy atom. The first-order chi connectivity index (χ1) is 16.8. The van der Waals surface area contributed by atoms with E-state index in [1.165, 1.54) is 12.0 Å². The van der Waals surface area contributed by atoms with E-state index in [9.17, 15) is 19.5 Å². The molecule has 4 rings (SSSR count). The predicted octanol–water partition coefficient (Wildman–Crippen LogP) is 3.64. The molecule has 8 nitrogen and oxygen atoms in total. The molecule has 2 aromatic rings. The fraction of sp³-hybridized carbons (Fsp3) is 0.444. The molecule has 0 spiro atoms. The van der Waals surface area contributed by atoms with Crippen LogP contribution in [0.5, 0.6) is 0 Å². The molecule has 35 heavy (non-hydrogen) atoms. The molecule has 1 fully saturated rings. The normalized spacial score (nSPS) is 19.8. The van der Waals surface area contributed by atoms with Gasteiger partial charge in [0, 0.05) is 19.6 Å². The number of benzene rings is 2. The molecule has 1 saturated heterocycles. The van der Waals surface area contributed by atoms with Crippen molar-refractivity contribution in [2.45, 2.75) is 44.2 Å². The highest BCUT2D eigenvalue weighted by Gasteiger charge is 2.51. The smallest absolute Gasteiger partial charge is 0.407 e. The van der Waals surface area contributed by atoms with E-state index in [0.717, 1.165) is 22.3 Å². The average molecular weight is 481 g/mol. The highest BCUT2D eigenvalue weighted by Crippen LogP contribution is 2.44. The first-order valence-electron chi connectivity index (χ1n) is 12.0. The Morgan fingerprint density at radius 1 is 1.09 bits per heavy atom. The van der Waals surface area contributed by atoms with Crippen molar-refractivity contribution < 1.29 is 29.0 Å². The number of carboxylic acids is 1. The van der Waals surface area contributed by atoms with Crippen molar-refractivity contribution >= 4 is 18.0 Å². The SMILES string of the molecule is COCC1(C(=O)O)CCCN1C(=O)C(NC(=O)OCC1c2ccccc2-c2ccccc21)C(C)C. The molecule has 1 aliphatic heterocycles. The zero-order valence-electron chi connectivity index (χ0n) is 20.3. The number of alkyl carbamates (subject to hydrolysis) is 1. The Labute approximate surface area is 205 Å². The molecule has 2 aliphatic rings. The lowest BCUT2D eigenvalue weighted by molar-refractivity contribution is -0.161. The van der Waals surface area contributed by atoms with Gasteiger partial charge in [0.2, 0.25) is 5.91 Å². The predicted molar refractivity (Wildman–Crippen MR) is 130 cm³/mol. The van der Waals surface area contributed by atoms with E-state index in [0.29, 0.717) is 19.4 Å². The molecule has 0 aromatic heterocycles. The standard InChI is InChI=1S/C27H32N2O6/c1-17(2)23(24(30)29-14-8-13-27(29,16-34-3)25(31)32)28-26(33)35-15-22-20-11-6-4-9-18(20)19-10-5-7-12-21(19)22/h4-7,9-12,17,22-23H,8,13-16H2,1-3H3,(H,28,33)(H,31,32). The van der Waals surface area contributed by atoms with Crippen molar-refractivity contribution in [2.24, 2.45) is 5.92 Å². The van der Waals surface area contributed by atoms with Crippen molar-refractivity contribution in [1.82, 2.24) is 10.2 Å². The molecule has 2 amide bonds. The Balaban J connectivity index is 1.47. The van der Waals surface area contributed by atoms with Gasteiger partial charge in [-0.25, -0.2) is 9.59 Å². The minimum absolute atomic E-state index is 0.0960. The minimum atomic E-state index is -1.43. The minimum Gasteiger partial charge on any atom is -0.479 e. The number of nitrogens with zero attached hydrogens (tertiary/aromatic N) is 1. The second-order valence-electron chi connectivity index (χ2n) is 9.55. The second-order valence-corrected chi connectivity index (χ2v) is 9.55. The molecule has 0 bridgehead atoms. The van der Waals surface area contributed by atoms with Gasteiger partial charge in [-0.15, -0.1) is 0 Å². The van der Waals surface area contributed by atoms with Crippen LogP contribution in [0.4, 0.5) is 4.79 Å². The summed E-state index contributed by atoms with van der Waals surface area (Å²) in [5, 5.41) is 12.6. The second kappa shape index (κ2) is 10.1. The third-order valence-corrected chi connectivity index (χ3v) is 7.09. The van der Waals surface area contributed by atoms with Gasteiger partial charge in [0.05, 0.1) is 6.61 Å². The van der Waals surface area contributed by atoms with Gasteiger partial charge in [-0.1, -0.05) is 62.4 Å². The number of amides is 2. The molecule has 2 atom stereocenters. The molecule has 1 aliphatic carbocycles. The lowest BCUT2D eigenvalue weighted by atomic mass is 9.95. The van der Waals surface area contributed by atoms with E-state index in [1.807, 2.05) is 36.4 Å². The number of aliphatic carboxylic acids is 1. The number of likely N-dealkylation sites (tertiary alicyclic amines) is 1. The van der Waals surface area contributed by atoms with Gasteiger partial charge in [-0.3, -0.25) is 4.79 Å². The number of carbonyl (C=O) groups excluding carboxylic acids is 2. The van der Waals surface area contributed by atoms with E-state index >= 15 is 0 Å². The summed E-state index contributed by atoms with van der Waals surface area (Å²) in [6.07, 6.45) is 0.153. The number of hydrogen-bond donors (Lipinski definition) is 2. The van der Waals surface area contributed by atoms with Crippen LogP contribution in [0.25, 0.3) is 11.1 Å². The van der Waals surface area contributed by atoms with E-state index in [1.54, 1.807) is 13.8 Å². The summed E-state index contributed by atoms with van der Waals surface area (Å²) in [5.74, 6) is -1.90. The number of carboxylic acid groups (broad SMARTS) is 1. The van der Waals surface area contributed by atoms with Crippen molar-refractivity contribution in [1.29, 1.82) is 0 Å². The first kappa shape index (κ1) is 24.7. The summed E-state index contributed by atoms with van der Waals surface area (Å²) in [4.78, 5) is 39.7. The van der Waals surface area contributed by atoms with Gasteiger partial charge in [0.1, 0.15) is 12.6 Å². The van der Waals surface area contributed by atoms with Gasteiger partial charge >= 0.3 is 12.1 Å². The van der Waals surface area contributed by atoms with Crippen molar-refractivity contribution in [3.8, 4) is 11.1 Å². The summed E-state index contributed by atoms with van der Waals surface area (Å²) in [7, 11) is 1.42. The molecule has 186 valence electrons. The maximum Gasteiger partial charge on any atom is 0.407 e. The highest BCUT2D eigenvalue weighted by atomic mass is 16.5. The van der Waals surface area contributed by atoms with E-state index in [4.69, 9.17) is 9.47 Å². The molecule has 1 heterocycles. The van der Waals surface area contributed by atoms with Crippen molar-refractivity contribution in [2.75, 3.05) is 26.9 Å². The quantitative estimate of drug-likeness (QED) is 0.598. The fourth-order valence-electron chi connectivity index (χ4n) is 5.32. The Morgan fingerprint density at radius 3 is 2.23 bits per heavy atom. The maximum absolute atomic E-state index is 13.4. The average Bonchev–Trinajstić information content (AvgIpc) is 3.41. The fourth-order valence-corrected chi connectivity index (χ4v) is 5.32. The van der Waals surface area contributed by atoms with Crippen LogP contribution in [-0.4, -0.2) is 66.4 Å². The number of rotatable bonds is 8. The highest BCUT2D eigenvalue weighted by molar-refractivity contribution is 5.92. The third kappa shape index (κ3) is 4.50. The lowest BCUT2D eigenvalue weighted by Gasteiger charge is -2.37. The van der Waals surface area contributed by atoms with Gasteiger partial charge in [0.25, 0.3) is 0 Å². The number of methoxy groups -OCH3 is 1. The molecule has 2 unspecified atom stereocenters. The van der Waals surface area contributed by atoms with Crippen LogP contribution in [0.2, 0.25) is 0 Å². The third-order valence-electron chi connectivity index (χ3n) is 7.09.